The van der Waals surface area contributed by atoms with Crippen LogP contribution in [0.1, 0.15) is 24.8 Å². The van der Waals surface area contributed by atoms with Gasteiger partial charge in [-0.25, -0.2) is 0 Å². The standard InChI is InChI=1S/C16H20N4O4/c1-4-9-18-10-14(19(21)22)16(15(11-18)20(23)24)12-5-7-13(8-6-12)17(2)3/h5-8,10-11,16H,4,9H2,1-3H3. The first-order valence-corrected chi connectivity index (χ1v) is 7.60. The van der Waals surface area contributed by atoms with Crippen molar-refractivity contribution < 1.29 is 9.85 Å². The summed E-state index contributed by atoms with van der Waals surface area (Å²) in [6.07, 6.45) is 3.51. The lowest BCUT2D eigenvalue weighted by Gasteiger charge is -2.23. The zero-order chi connectivity index (χ0) is 17.9. The number of nitro groups is 2. The Morgan fingerprint density at radius 1 is 1.04 bits per heavy atom. The van der Waals surface area contributed by atoms with Gasteiger partial charge in [-0.05, 0) is 24.1 Å². The Balaban J connectivity index is 2.50. The highest BCUT2D eigenvalue weighted by Crippen LogP contribution is 2.36. The Labute approximate surface area is 140 Å². The Kier molecular flexibility index (Phi) is 5.18. The maximum absolute atomic E-state index is 11.5. The van der Waals surface area contributed by atoms with E-state index in [4.69, 9.17) is 0 Å². The Morgan fingerprint density at radius 2 is 1.54 bits per heavy atom. The highest BCUT2D eigenvalue weighted by atomic mass is 16.6. The van der Waals surface area contributed by atoms with E-state index in [1.54, 1.807) is 24.3 Å². The molecule has 0 unspecified atom stereocenters. The molecule has 0 N–H and O–H groups in total. The molecule has 1 aliphatic rings. The van der Waals surface area contributed by atoms with Crippen LogP contribution < -0.4 is 4.90 Å². The maximum atomic E-state index is 11.5. The molecule has 0 saturated heterocycles. The summed E-state index contributed by atoms with van der Waals surface area (Å²) in [4.78, 5) is 25.3. The lowest BCUT2D eigenvalue weighted by atomic mass is 9.91. The first kappa shape index (κ1) is 17.5. The van der Waals surface area contributed by atoms with Gasteiger partial charge in [-0.3, -0.25) is 20.2 Å². The molecule has 0 spiro atoms. The summed E-state index contributed by atoms with van der Waals surface area (Å²) in [7, 11) is 3.76. The normalized spacial score (nSPS) is 14.9. The Morgan fingerprint density at radius 3 is 1.92 bits per heavy atom. The van der Waals surface area contributed by atoms with Crippen molar-refractivity contribution in [2.75, 3.05) is 25.5 Å². The summed E-state index contributed by atoms with van der Waals surface area (Å²) in [5.74, 6) is -0.987. The van der Waals surface area contributed by atoms with Crippen LogP contribution in [0.3, 0.4) is 0 Å². The van der Waals surface area contributed by atoms with Gasteiger partial charge in [-0.1, -0.05) is 19.1 Å². The molecule has 0 radical (unpaired) electrons. The van der Waals surface area contributed by atoms with E-state index in [2.05, 4.69) is 0 Å². The quantitative estimate of drug-likeness (QED) is 0.587. The fourth-order valence-corrected chi connectivity index (χ4v) is 2.68. The van der Waals surface area contributed by atoms with Crippen molar-refractivity contribution in [1.82, 2.24) is 4.90 Å². The third-order valence-electron chi connectivity index (χ3n) is 3.83. The molecular formula is C16H20N4O4. The highest BCUT2D eigenvalue weighted by molar-refractivity contribution is 5.48. The van der Waals surface area contributed by atoms with Gasteiger partial charge >= 0.3 is 0 Å². The van der Waals surface area contributed by atoms with Crippen LogP contribution in [0.25, 0.3) is 0 Å². The van der Waals surface area contributed by atoms with E-state index in [1.807, 2.05) is 25.9 Å². The Bertz CT molecular complexity index is 663. The van der Waals surface area contributed by atoms with Crippen LogP contribution in [-0.4, -0.2) is 35.4 Å². The van der Waals surface area contributed by atoms with Crippen LogP contribution >= 0.6 is 0 Å². The number of hydrogen-bond acceptors (Lipinski definition) is 6. The summed E-state index contributed by atoms with van der Waals surface area (Å²) >= 11 is 0. The van der Waals surface area contributed by atoms with Crippen LogP contribution in [0, 0.1) is 20.2 Å². The fourth-order valence-electron chi connectivity index (χ4n) is 2.68. The second-order valence-electron chi connectivity index (χ2n) is 5.78. The first-order valence-electron chi connectivity index (χ1n) is 7.60. The van der Waals surface area contributed by atoms with Crippen LogP contribution in [0.2, 0.25) is 0 Å². The zero-order valence-corrected chi connectivity index (χ0v) is 13.9. The van der Waals surface area contributed by atoms with E-state index in [1.165, 1.54) is 17.3 Å². The van der Waals surface area contributed by atoms with Crippen LogP contribution in [0.4, 0.5) is 5.69 Å². The molecule has 8 heteroatoms. The van der Waals surface area contributed by atoms with Crippen molar-refractivity contribution in [3.8, 4) is 0 Å². The molecule has 1 aromatic rings. The predicted molar refractivity (Wildman–Crippen MR) is 90.7 cm³/mol. The molecule has 0 bridgehead atoms. The molecule has 0 atom stereocenters. The lowest BCUT2D eigenvalue weighted by Crippen LogP contribution is -2.27. The van der Waals surface area contributed by atoms with E-state index in [0.29, 0.717) is 12.1 Å². The van der Waals surface area contributed by atoms with Gasteiger partial charge in [0.05, 0.1) is 22.2 Å². The first-order chi connectivity index (χ1) is 11.3. The number of hydrogen-bond donors (Lipinski definition) is 0. The Hall–Kier alpha value is -2.90. The third-order valence-corrected chi connectivity index (χ3v) is 3.83. The van der Waals surface area contributed by atoms with Crippen molar-refractivity contribution in [1.29, 1.82) is 0 Å². The molecule has 1 heterocycles. The highest BCUT2D eigenvalue weighted by Gasteiger charge is 2.41. The van der Waals surface area contributed by atoms with Gasteiger partial charge in [0, 0.05) is 26.3 Å². The summed E-state index contributed by atoms with van der Waals surface area (Å²) in [6, 6.07) is 6.99. The number of nitrogens with zero attached hydrogens (tertiary/aromatic N) is 4. The van der Waals surface area contributed by atoms with Gasteiger partial charge in [0.15, 0.2) is 5.92 Å². The minimum Gasteiger partial charge on any atom is -0.378 e. The van der Waals surface area contributed by atoms with Crippen molar-refractivity contribution >= 4 is 5.69 Å². The number of benzene rings is 1. The van der Waals surface area contributed by atoms with Gasteiger partial charge < -0.3 is 9.80 Å². The molecule has 0 saturated carbocycles. The second-order valence-corrected chi connectivity index (χ2v) is 5.78. The van der Waals surface area contributed by atoms with E-state index < -0.39 is 15.8 Å². The topological polar surface area (TPSA) is 92.8 Å². The summed E-state index contributed by atoms with van der Waals surface area (Å²) < 4.78 is 0. The zero-order valence-electron chi connectivity index (χ0n) is 13.9. The maximum Gasteiger partial charge on any atom is 0.280 e. The van der Waals surface area contributed by atoms with Gasteiger partial charge in [0.2, 0.25) is 0 Å². The molecule has 2 rings (SSSR count). The fraction of sp³-hybridized carbons (Fsp3) is 0.375. The minimum absolute atomic E-state index is 0.185. The monoisotopic (exact) mass is 332 g/mol. The SMILES string of the molecule is CCCN1C=C([N+](=O)[O-])C(c2ccc(N(C)C)cc2)C([N+](=O)[O-])=C1. The minimum atomic E-state index is -0.987. The average molecular weight is 332 g/mol. The van der Waals surface area contributed by atoms with Gasteiger partial charge in [0.25, 0.3) is 11.4 Å². The molecule has 0 fully saturated rings. The molecule has 0 aromatic heterocycles. The van der Waals surface area contributed by atoms with Crippen molar-refractivity contribution in [3.63, 3.8) is 0 Å². The largest absolute Gasteiger partial charge is 0.378 e. The summed E-state index contributed by atoms with van der Waals surface area (Å²) in [5, 5.41) is 23.0. The molecule has 24 heavy (non-hydrogen) atoms. The van der Waals surface area contributed by atoms with Crippen molar-refractivity contribution in [2.24, 2.45) is 0 Å². The summed E-state index contributed by atoms with van der Waals surface area (Å²) in [6.45, 7) is 2.40. The molecule has 8 nitrogen and oxygen atoms in total. The van der Waals surface area contributed by atoms with Gasteiger partial charge in [-0.2, -0.15) is 0 Å². The lowest BCUT2D eigenvalue weighted by molar-refractivity contribution is -0.456. The molecular weight excluding hydrogens is 312 g/mol. The second kappa shape index (κ2) is 7.12. The third kappa shape index (κ3) is 3.53. The molecule has 0 amide bonds. The van der Waals surface area contributed by atoms with Crippen LogP contribution in [0.15, 0.2) is 48.1 Å². The number of anilines is 1. The van der Waals surface area contributed by atoms with E-state index >= 15 is 0 Å². The van der Waals surface area contributed by atoms with Crippen molar-refractivity contribution in [3.05, 3.63) is 73.9 Å². The molecule has 1 aliphatic heterocycles. The smallest absolute Gasteiger partial charge is 0.280 e. The van der Waals surface area contributed by atoms with Crippen LogP contribution in [-0.2, 0) is 0 Å². The van der Waals surface area contributed by atoms with E-state index in [0.717, 1.165) is 12.1 Å². The molecule has 128 valence electrons. The predicted octanol–water partition coefficient (Wildman–Crippen LogP) is 2.80. The van der Waals surface area contributed by atoms with E-state index in [-0.39, 0.29) is 11.4 Å². The van der Waals surface area contributed by atoms with Gasteiger partial charge in [-0.15, -0.1) is 0 Å². The van der Waals surface area contributed by atoms with Gasteiger partial charge in [0.1, 0.15) is 0 Å². The van der Waals surface area contributed by atoms with Crippen LogP contribution in [0.5, 0.6) is 0 Å². The average Bonchev–Trinajstić information content (AvgIpc) is 2.54. The number of rotatable bonds is 6. The van der Waals surface area contributed by atoms with E-state index in [9.17, 15) is 20.2 Å². The van der Waals surface area contributed by atoms with Crippen molar-refractivity contribution in [2.45, 2.75) is 19.3 Å². The molecule has 0 aliphatic carbocycles. The summed E-state index contributed by atoms with van der Waals surface area (Å²) in [5.41, 5.74) is 1.08. The molecule has 1 aromatic carbocycles.